The predicted octanol–water partition coefficient (Wildman–Crippen LogP) is -7.47. The van der Waals surface area contributed by atoms with Crippen LogP contribution in [-0.2, 0) is 6.61 Å². The van der Waals surface area contributed by atoms with Crippen LogP contribution in [0.3, 0.4) is 0 Å². The van der Waals surface area contributed by atoms with Crippen molar-refractivity contribution in [1.29, 1.82) is 0 Å². The molecule has 1 N–H and O–H groups in total. The van der Waals surface area contributed by atoms with E-state index in [1.165, 1.54) is 0 Å². The SMILES string of the molecule is OCc1ccccc1.[H-].[H-].[H-].[Na+].[Na+].[Na+]. The fourth-order valence-electron chi connectivity index (χ4n) is 0.583. The first-order valence-electron chi connectivity index (χ1n) is 2.58. The number of aliphatic hydroxyl groups excluding tert-OH is 1. The molecule has 0 bridgehead atoms. The van der Waals surface area contributed by atoms with Crippen molar-refractivity contribution < 1.29 is 98.1 Å². The second-order valence-corrected chi connectivity index (χ2v) is 1.64. The summed E-state index contributed by atoms with van der Waals surface area (Å²) < 4.78 is 0. The smallest absolute Gasteiger partial charge is 1.00 e. The molecule has 1 nitrogen and oxygen atoms in total. The van der Waals surface area contributed by atoms with Crippen LogP contribution in [0.25, 0.3) is 0 Å². The summed E-state index contributed by atoms with van der Waals surface area (Å²) >= 11 is 0. The average molecular weight is 180 g/mol. The molecule has 1 rings (SSSR count). The Hall–Kier alpha value is 2.18. The molecule has 1 aromatic carbocycles. The Labute approximate surface area is 138 Å². The van der Waals surface area contributed by atoms with E-state index in [1.54, 1.807) is 0 Å². The Morgan fingerprint density at radius 1 is 1.00 bits per heavy atom. The van der Waals surface area contributed by atoms with Crippen LogP contribution >= 0.6 is 0 Å². The molecule has 1 aromatic rings. The molecule has 0 fully saturated rings. The monoisotopic (exact) mass is 180 g/mol. The summed E-state index contributed by atoms with van der Waals surface area (Å²) in [7, 11) is 0. The zero-order valence-electron chi connectivity index (χ0n) is 10.5. The molecule has 0 radical (unpaired) electrons. The molecule has 4 heteroatoms. The molecule has 11 heavy (non-hydrogen) atoms. The molecule has 0 spiro atoms. The van der Waals surface area contributed by atoms with Crippen molar-refractivity contribution in [1.82, 2.24) is 0 Å². The summed E-state index contributed by atoms with van der Waals surface area (Å²) in [5, 5.41) is 8.54. The van der Waals surface area contributed by atoms with E-state index in [9.17, 15) is 0 Å². The molecule has 0 unspecified atom stereocenters. The fourth-order valence-corrected chi connectivity index (χ4v) is 0.583. The van der Waals surface area contributed by atoms with E-state index in [-0.39, 0.29) is 99.6 Å². The Kier molecular flexibility index (Phi) is 20.9. The summed E-state index contributed by atoms with van der Waals surface area (Å²) in [5.41, 5.74) is 0.965. The predicted molar refractivity (Wildman–Crippen MR) is 35.7 cm³/mol. The van der Waals surface area contributed by atoms with Gasteiger partial charge < -0.3 is 9.39 Å². The van der Waals surface area contributed by atoms with Gasteiger partial charge in [0.2, 0.25) is 0 Å². The Morgan fingerprint density at radius 2 is 1.45 bits per heavy atom. The van der Waals surface area contributed by atoms with E-state index in [1.807, 2.05) is 30.3 Å². The van der Waals surface area contributed by atoms with Gasteiger partial charge >= 0.3 is 88.7 Å². The maximum Gasteiger partial charge on any atom is 1.00 e. The molecule has 0 heterocycles. The van der Waals surface area contributed by atoms with E-state index >= 15 is 0 Å². The van der Waals surface area contributed by atoms with Crippen LogP contribution < -0.4 is 88.7 Å². The van der Waals surface area contributed by atoms with Gasteiger partial charge in [-0.05, 0) is 5.56 Å². The van der Waals surface area contributed by atoms with Gasteiger partial charge in [0, 0.05) is 0 Å². The summed E-state index contributed by atoms with van der Waals surface area (Å²) in [6, 6.07) is 9.52. The van der Waals surface area contributed by atoms with Crippen molar-refractivity contribution >= 4 is 0 Å². The first kappa shape index (κ1) is 18.9. The number of hydrogen-bond donors (Lipinski definition) is 1. The third-order valence-electron chi connectivity index (χ3n) is 1.03. The summed E-state index contributed by atoms with van der Waals surface area (Å²) in [6.45, 7) is 0.140. The molecule has 0 saturated heterocycles. The van der Waals surface area contributed by atoms with Gasteiger partial charge in [0.15, 0.2) is 0 Å². The summed E-state index contributed by atoms with van der Waals surface area (Å²) in [6.07, 6.45) is 0. The van der Waals surface area contributed by atoms with Crippen molar-refractivity contribution in [2.75, 3.05) is 0 Å². The largest absolute Gasteiger partial charge is 1.00 e. The van der Waals surface area contributed by atoms with Crippen LogP contribution in [0.2, 0.25) is 0 Å². The minimum atomic E-state index is 0. The van der Waals surface area contributed by atoms with Gasteiger partial charge in [0.1, 0.15) is 0 Å². The van der Waals surface area contributed by atoms with Gasteiger partial charge in [-0.2, -0.15) is 0 Å². The molecule has 0 aliphatic rings. The minimum Gasteiger partial charge on any atom is -1.00 e. The molecule has 0 atom stereocenters. The maximum absolute atomic E-state index is 8.54. The van der Waals surface area contributed by atoms with Crippen LogP contribution in [0.1, 0.15) is 9.84 Å². The van der Waals surface area contributed by atoms with E-state index in [4.69, 9.17) is 5.11 Å². The van der Waals surface area contributed by atoms with Crippen molar-refractivity contribution in [3.8, 4) is 0 Å². The standard InChI is InChI=1S/C7H8O.3Na.3H/c8-6-7-4-2-1-3-5-7;;;;;;/h1-5,8H,6H2;;;;;;/q;3*+1;3*-1. The van der Waals surface area contributed by atoms with Crippen LogP contribution in [0, 0.1) is 0 Å². The van der Waals surface area contributed by atoms with Crippen LogP contribution in [0.4, 0.5) is 0 Å². The summed E-state index contributed by atoms with van der Waals surface area (Å²) in [5.74, 6) is 0. The molecule has 0 amide bonds. The van der Waals surface area contributed by atoms with Gasteiger partial charge in [-0.25, -0.2) is 0 Å². The maximum atomic E-state index is 8.54. The first-order chi connectivity index (χ1) is 3.93. The van der Waals surface area contributed by atoms with Gasteiger partial charge in [0.05, 0.1) is 6.61 Å². The van der Waals surface area contributed by atoms with E-state index in [2.05, 4.69) is 0 Å². The van der Waals surface area contributed by atoms with Gasteiger partial charge in [-0.3, -0.25) is 0 Å². The topological polar surface area (TPSA) is 20.2 Å². The minimum absolute atomic E-state index is 0. The Balaban J connectivity index is -0.0000000267. The van der Waals surface area contributed by atoms with E-state index in [0.29, 0.717) is 0 Å². The summed E-state index contributed by atoms with van der Waals surface area (Å²) in [4.78, 5) is 0. The zero-order chi connectivity index (χ0) is 5.82. The third kappa shape index (κ3) is 8.51. The van der Waals surface area contributed by atoms with Crippen LogP contribution in [-0.4, -0.2) is 5.11 Å². The molecule has 0 aromatic heterocycles. The van der Waals surface area contributed by atoms with Crippen molar-refractivity contribution in [3.05, 3.63) is 35.9 Å². The zero-order valence-corrected chi connectivity index (χ0v) is 13.5. The normalized spacial score (nSPS) is 6.64. The van der Waals surface area contributed by atoms with Crippen LogP contribution in [0.15, 0.2) is 30.3 Å². The number of benzene rings is 1. The number of rotatable bonds is 1. The van der Waals surface area contributed by atoms with E-state index in [0.717, 1.165) is 5.56 Å². The van der Waals surface area contributed by atoms with Crippen molar-refractivity contribution in [3.63, 3.8) is 0 Å². The quantitative estimate of drug-likeness (QED) is 0.426. The average Bonchev–Trinajstić information content (AvgIpc) is 1.90. The van der Waals surface area contributed by atoms with Gasteiger partial charge in [-0.1, -0.05) is 30.3 Å². The molecule has 48 valence electrons. The number of aliphatic hydroxyl groups is 1. The second-order valence-electron chi connectivity index (χ2n) is 1.64. The Morgan fingerprint density at radius 3 is 1.73 bits per heavy atom. The molecule has 0 aliphatic heterocycles. The second kappa shape index (κ2) is 12.2. The molecule has 0 aliphatic carbocycles. The molecule has 0 saturated carbocycles. The number of hydrogen-bond acceptors (Lipinski definition) is 1. The van der Waals surface area contributed by atoms with Gasteiger partial charge in [-0.15, -0.1) is 0 Å². The molecular formula is C7H11Na3O. The van der Waals surface area contributed by atoms with Crippen molar-refractivity contribution in [2.45, 2.75) is 6.61 Å². The fraction of sp³-hybridized carbons (Fsp3) is 0.143. The Bertz CT molecular complexity index is 166. The third-order valence-corrected chi connectivity index (χ3v) is 1.03. The van der Waals surface area contributed by atoms with Gasteiger partial charge in [0.25, 0.3) is 0 Å². The van der Waals surface area contributed by atoms with Crippen molar-refractivity contribution in [2.24, 2.45) is 0 Å². The molecular weight excluding hydrogens is 169 g/mol. The van der Waals surface area contributed by atoms with Crippen LogP contribution in [0.5, 0.6) is 0 Å². The first-order valence-corrected chi connectivity index (χ1v) is 2.58. The van der Waals surface area contributed by atoms with E-state index < -0.39 is 0 Å².